The zero-order valence-corrected chi connectivity index (χ0v) is 12.4. The Kier molecular flexibility index (Phi) is 6.19. The van der Waals surface area contributed by atoms with Crippen LogP contribution in [-0.2, 0) is 10.0 Å². The van der Waals surface area contributed by atoms with Gasteiger partial charge in [-0.1, -0.05) is 25.8 Å². The van der Waals surface area contributed by atoms with E-state index in [1.165, 1.54) is 0 Å². The smallest absolute Gasteiger partial charge is 0.324 e. The molecule has 118 valence electrons. The number of hydrogen-bond acceptors (Lipinski definition) is 5. The molecule has 0 spiro atoms. The number of nitro groups is 1. The summed E-state index contributed by atoms with van der Waals surface area (Å²) in [7, 11) is -4.21. The van der Waals surface area contributed by atoms with Gasteiger partial charge in [0.25, 0.3) is 0 Å². The number of rotatable bonds is 8. The van der Waals surface area contributed by atoms with Crippen molar-refractivity contribution in [2.45, 2.75) is 37.1 Å². The van der Waals surface area contributed by atoms with E-state index in [0.717, 1.165) is 31.0 Å². The second-order valence-electron chi connectivity index (χ2n) is 4.54. The van der Waals surface area contributed by atoms with Crippen LogP contribution in [0.25, 0.3) is 0 Å². The van der Waals surface area contributed by atoms with E-state index in [1.807, 2.05) is 6.92 Å². The Bertz CT molecular complexity index is 607. The number of nitrogens with two attached hydrogens (primary N) is 1. The first kappa shape index (κ1) is 17.5. The van der Waals surface area contributed by atoms with Gasteiger partial charge in [-0.25, -0.2) is 13.1 Å². The summed E-state index contributed by atoms with van der Waals surface area (Å²) in [6.07, 6.45) is 2.13. The molecule has 7 nitrogen and oxygen atoms in total. The highest BCUT2D eigenvalue weighted by Gasteiger charge is 2.30. The Morgan fingerprint density at radius 3 is 2.67 bits per heavy atom. The summed E-state index contributed by atoms with van der Waals surface area (Å²) in [5, 5.41) is 10.9. The predicted molar refractivity (Wildman–Crippen MR) is 75.7 cm³/mol. The molecule has 3 N–H and O–H groups in total. The summed E-state index contributed by atoms with van der Waals surface area (Å²) in [5.74, 6) is -1.19. The van der Waals surface area contributed by atoms with Crippen molar-refractivity contribution in [3.8, 4) is 0 Å². The average molecular weight is 319 g/mol. The lowest BCUT2D eigenvalue weighted by atomic mass is 10.1. The molecule has 1 atom stereocenters. The molecule has 0 aliphatic heterocycles. The zero-order valence-electron chi connectivity index (χ0n) is 11.6. The number of nitro benzene ring substituents is 1. The second kappa shape index (κ2) is 7.43. The van der Waals surface area contributed by atoms with Gasteiger partial charge >= 0.3 is 5.69 Å². The van der Waals surface area contributed by atoms with Crippen molar-refractivity contribution < 1.29 is 17.7 Å². The van der Waals surface area contributed by atoms with Crippen LogP contribution in [0, 0.1) is 15.9 Å². The first-order valence-corrected chi connectivity index (χ1v) is 7.97. The normalized spacial score (nSPS) is 13.1. The molecule has 0 fully saturated rings. The number of nitrogens with one attached hydrogen (secondary N) is 1. The van der Waals surface area contributed by atoms with Crippen molar-refractivity contribution in [1.29, 1.82) is 0 Å². The third kappa shape index (κ3) is 4.45. The van der Waals surface area contributed by atoms with E-state index >= 15 is 0 Å². The van der Waals surface area contributed by atoms with Gasteiger partial charge in [0, 0.05) is 12.6 Å². The average Bonchev–Trinajstić information content (AvgIpc) is 2.42. The van der Waals surface area contributed by atoms with Gasteiger partial charge in [0.05, 0.1) is 4.92 Å². The summed E-state index contributed by atoms with van der Waals surface area (Å²) in [6.45, 7) is 2.00. The van der Waals surface area contributed by atoms with Crippen LogP contribution in [0.5, 0.6) is 0 Å². The number of halogens is 1. The minimum Gasteiger partial charge on any atom is -0.329 e. The first-order chi connectivity index (χ1) is 9.83. The minimum absolute atomic E-state index is 0.0579. The Labute approximate surface area is 122 Å². The first-order valence-electron chi connectivity index (χ1n) is 6.48. The van der Waals surface area contributed by atoms with E-state index in [2.05, 4.69) is 4.72 Å². The maximum absolute atomic E-state index is 13.5. The van der Waals surface area contributed by atoms with Crippen LogP contribution in [0.2, 0.25) is 0 Å². The van der Waals surface area contributed by atoms with E-state index in [-0.39, 0.29) is 6.54 Å². The van der Waals surface area contributed by atoms with Crippen molar-refractivity contribution in [2.75, 3.05) is 6.54 Å². The summed E-state index contributed by atoms with van der Waals surface area (Å²) in [4.78, 5) is 9.12. The molecule has 0 aliphatic carbocycles. The van der Waals surface area contributed by atoms with Crippen LogP contribution < -0.4 is 10.5 Å². The highest BCUT2D eigenvalue weighted by atomic mass is 32.2. The number of sulfonamides is 1. The third-order valence-electron chi connectivity index (χ3n) is 2.93. The standard InChI is InChI=1S/C12H18FN3O4S/c1-2-3-5-9(8-14)15-21(19,20)11-7-4-6-10(13)12(11)16(17)18/h4,6-7,9,15H,2-3,5,8,14H2,1H3. The summed E-state index contributed by atoms with van der Waals surface area (Å²) in [6, 6.07) is 2.41. The summed E-state index contributed by atoms with van der Waals surface area (Å²) >= 11 is 0. The van der Waals surface area contributed by atoms with Gasteiger partial charge in [0.1, 0.15) is 0 Å². The quantitative estimate of drug-likeness (QED) is 0.557. The van der Waals surface area contributed by atoms with Crippen molar-refractivity contribution in [3.63, 3.8) is 0 Å². The number of para-hydroxylation sites is 1. The third-order valence-corrected chi connectivity index (χ3v) is 4.49. The Balaban J connectivity index is 3.13. The zero-order chi connectivity index (χ0) is 16.0. The summed E-state index contributed by atoms with van der Waals surface area (Å²) < 4.78 is 40.2. The van der Waals surface area contributed by atoms with E-state index in [1.54, 1.807) is 0 Å². The number of hydrogen-bond donors (Lipinski definition) is 2. The van der Waals surface area contributed by atoms with E-state index in [4.69, 9.17) is 5.73 Å². The number of benzene rings is 1. The molecule has 9 heteroatoms. The molecule has 0 amide bonds. The van der Waals surface area contributed by atoms with Crippen LogP contribution >= 0.6 is 0 Å². The lowest BCUT2D eigenvalue weighted by Crippen LogP contribution is -2.40. The predicted octanol–water partition coefficient (Wildman–Crippen LogP) is 1.53. The van der Waals surface area contributed by atoms with Crippen LogP contribution in [0.3, 0.4) is 0 Å². The van der Waals surface area contributed by atoms with Gasteiger partial charge < -0.3 is 5.73 Å². The van der Waals surface area contributed by atoms with Crippen LogP contribution in [0.4, 0.5) is 10.1 Å². The monoisotopic (exact) mass is 319 g/mol. The molecule has 21 heavy (non-hydrogen) atoms. The molecule has 0 saturated carbocycles. The Hall–Kier alpha value is -1.58. The number of unbranched alkanes of at least 4 members (excludes halogenated alkanes) is 1. The molecule has 0 heterocycles. The molecule has 0 bridgehead atoms. The van der Waals surface area contributed by atoms with Crippen LogP contribution in [-0.4, -0.2) is 25.9 Å². The number of nitrogens with zero attached hydrogens (tertiary/aromatic N) is 1. The molecule has 1 aromatic rings. The fourth-order valence-electron chi connectivity index (χ4n) is 1.85. The van der Waals surface area contributed by atoms with Crippen molar-refractivity contribution in [3.05, 3.63) is 34.1 Å². The van der Waals surface area contributed by atoms with E-state index < -0.39 is 37.4 Å². The van der Waals surface area contributed by atoms with Gasteiger partial charge in [0.15, 0.2) is 4.90 Å². The van der Waals surface area contributed by atoms with Gasteiger partial charge in [-0.05, 0) is 18.6 Å². The molecule has 0 aliphatic rings. The Morgan fingerprint density at radius 2 is 2.14 bits per heavy atom. The lowest BCUT2D eigenvalue weighted by molar-refractivity contribution is -0.390. The fourth-order valence-corrected chi connectivity index (χ4v) is 3.31. The fraction of sp³-hybridized carbons (Fsp3) is 0.500. The maximum atomic E-state index is 13.5. The second-order valence-corrected chi connectivity index (χ2v) is 6.22. The highest BCUT2D eigenvalue weighted by molar-refractivity contribution is 7.89. The topological polar surface area (TPSA) is 115 Å². The molecule has 0 aromatic heterocycles. The van der Waals surface area contributed by atoms with Gasteiger partial charge in [-0.3, -0.25) is 10.1 Å². The molecule has 0 saturated heterocycles. The van der Waals surface area contributed by atoms with Crippen LogP contribution in [0.15, 0.2) is 23.1 Å². The SMILES string of the molecule is CCCCC(CN)NS(=O)(=O)c1cccc(F)c1[N+](=O)[O-]. The van der Waals surface area contributed by atoms with Crippen molar-refractivity contribution in [1.82, 2.24) is 4.72 Å². The maximum Gasteiger partial charge on any atom is 0.324 e. The molecule has 1 aromatic carbocycles. The van der Waals surface area contributed by atoms with Gasteiger partial charge in [-0.2, -0.15) is 4.39 Å². The van der Waals surface area contributed by atoms with E-state index in [0.29, 0.717) is 6.42 Å². The lowest BCUT2D eigenvalue weighted by Gasteiger charge is -2.16. The van der Waals surface area contributed by atoms with E-state index in [9.17, 15) is 22.9 Å². The minimum atomic E-state index is -4.21. The van der Waals surface area contributed by atoms with Crippen molar-refractivity contribution >= 4 is 15.7 Å². The Morgan fingerprint density at radius 1 is 1.48 bits per heavy atom. The molecular formula is C12H18FN3O4S. The molecule has 1 unspecified atom stereocenters. The van der Waals surface area contributed by atoms with Gasteiger partial charge in [0.2, 0.25) is 15.8 Å². The molecule has 1 rings (SSSR count). The summed E-state index contributed by atoms with van der Waals surface area (Å²) in [5.41, 5.74) is 4.43. The van der Waals surface area contributed by atoms with Crippen LogP contribution in [0.1, 0.15) is 26.2 Å². The molecule has 0 radical (unpaired) electrons. The van der Waals surface area contributed by atoms with Crippen molar-refractivity contribution in [2.24, 2.45) is 5.73 Å². The molecular weight excluding hydrogens is 301 g/mol. The largest absolute Gasteiger partial charge is 0.329 e. The van der Waals surface area contributed by atoms with Gasteiger partial charge in [-0.15, -0.1) is 0 Å². The highest BCUT2D eigenvalue weighted by Crippen LogP contribution is 2.26.